The number of unbranched alkanes of at least 4 members (excludes halogenated alkanes) is 5. The number of halogens is 4. The highest BCUT2D eigenvalue weighted by molar-refractivity contribution is 7.81. The van der Waals surface area contributed by atoms with E-state index in [1.807, 2.05) is 52.0 Å². The van der Waals surface area contributed by atoms with Gasteiger partial charge in [0.05, 0.1) is 50.6 Å². The summed E-state index contributed by atoms with van der Waals surface area (Å²) in [7, 11) is 0. The first-order chi connectivity index (χ1) is 33.4. The molecule has 71 heavy (non-hydrogen) atoms. The molecule has 20 heteroatoms. The lowest BCUT2D eigenvalue weighted by Crippen LogP contribution is -2.57. The molecule has 0 spiro atoms. The maximum absolute atomic E-state index is 15.5. The van der Waals surface area contributed by atoms with Gasteiger partial charge in [-0.25, -0.2) is 9.37 Å². The number of β-amino-alcohol motifs (C(OH)–C–C–N with tert-alkyl or cyclic N) is 1. The normalized spacial score (nSPS) is 17.3. The van der Waals surface area contributed by atoms with E-state index in [9.17, 15) is 47.5 Å². The van der Waals surface area contributed by atoms with Gasteiger partial charge in [0.1, 0.15) is 23.4 Å². The maximum atomic E-state index is 15.5. The number of aliphatic hydroxyl groups is 1. The van der Waals surface area contributed by atoms with Gasteiger partial charge in [0.25, 0.3) is 11.8 Å². The highest BCUT2D eigenvalue weighted by Crippen LogP contribution is 2.40. The summed E-state index contributed by atoms with van der Waals surface area (Å²) in [4.78, 5) is 76.1. The maximum Gasteiger partial charge on any atom is 0.417 e. The molecule has 0 bridgehead atoms. The summed E-state index contributed by atoms with van der Waals surface area (Å²) in [6, 6.07) is 13.9. The first-order valence-corrected chi connectivity index (χ1v) is 24.7. The van der Waals surface area contributed by atoms with Gasteiger partial charge in [0.15, 0.2) is 5.11 Å². The van der Waals surface area contributed by atoms with Gasteiger partial charge >= 0.3 is 6.18 Å². The molecule has 0 saturated carbocycles. The van der Waals surface area contributed by atoms with Gasteiger partial charge in [-0.2, -0.15) is 18.4 Å². The number of aliphatic hydroxyl groups excluding tert-OH is 1. The number of anilines is 2. The third-order valence-corrected chi connectivity index (χ3v) is 14.0. The van der Waals surface area contributed by atoms with E-state index in [2.05, 4.69) is 20.9 Å². The first kappa shape index (κ1) is 54.0. The van der Waals surface area contributed by atoms with E-state index in [0.29, 0.717) is 18.9 Å². The number of hydrogen-bond acceptors (Lipinski definition) is 10. The van der Waals surface area contributed by atoms with Gasteiger partial charge in [-0.15, -0.1) is 11.3 Å². The molecule has 4 aromatic rings. The minimum absolute atomic E-state index is 0.0283. The Balaban J connectivity index is 0.912. The van der Waals surface area contributed by atoms with Crippen LogP contribution in [0.2, 0.25) is 0 Å². The third kappa shape index (κ3) is 12.6. The van der Waals surface area contributed by atoms with Crippen molar-refractivity contribution in [2.45, 2.75) is 129 Å². The molecule has 4 N–H and O–H groups in total. The number of thiazole rings is 1. The lowest BCUT2D eigenvalue weighted by atomic mass is 9.85. The number of likely N-dealkylation sites (tertiary alicyclic amines) is 1. The van der Waals surface area contributed by atoms with E-state index in [0.717, 1.165) is 64.4 Å². The number of rotatable bonds is 18. The summed E-state index contributed by atoms with van der Waals surface area (Å²) in [6.45, 7) is 10.9. The van der Waals surface area contributed by atoms with Crippen LogP contribution >= 0.6 is 23.6 Å². The minimum Gasteiger partial charge on any atom is -0.391 e. The number of nitrogens with one attached hydrogen (secondary N) is 3. The second-order valence-electron chi connectivity index (χ2n) is 19.4. The number of benzene rings is 3. The number of nitrogens with zero attached hydrogens (tertiary/aromatic N) is 5. The Morgan fingerprint density at radius 1 is 0.958 bits per heavy atom. The van der Waals surface area contributed by atoms with Gasteiger partial charge < -0.3 is 30.9 Å². The van der Waals surface area contributed by atoms with Crippen LogP contribution in [0, 0.1) is 29.5 Å². The SMILES string of the molecule is Cc1ncsc1-c1ccc(CNC(=O)C2CC(O)CN2C(=O)C(NC(=O)CCCCCCCCNC(=O)c2ccc(N3C(=S)N(c4ccc(C#N)c(C(F)(F)F)c4)C(=O)C3(C)C)cc2F)C(C)(C)C)cc1. The highest BCUT2D eigenvalue weighted by atomic mass is 32.1. The molecular weight excluding hydrogens is 961 g/mol. The van der Waals surface area contributed by atoms with E-state index >= 15 is 4.39 Å². The van der Waals surface area contributed by atoms with Crippen LogP contribution in [0.4, 0.5) is 28.9 Å². The number of alkyl halides is 3. The Morgan fingerprint density at radius 3 is 2.24 bits per heavy atom. The molecule has 2 fully saturated rings. The summed E-state index contributed by atoms with van der Waals surface area (Å²) in [5, 5.41) is 28.1. The number of aromatic nitrogens is 1. The van der Waals surface area contributed by atoms with Crippen LogP contribution in [0.3, 0.4) is 0 Å². The van der Waals surface area contributed by atoms with E-state index in [1.165, 1.54) is 47.9 Å². The molecular formula is C51H58F4N8O6S2. The molecule has 2 aliphatic rings. The molecule has 3 atom stereocenters. The van der Waals surface area contributed by atoms with Crippen molar-refractivity contribution in [1.82, 2.24) is 25.8 Å². The highest BCUT2D eigenvalue weighted by Gasteiger charge is 2.51. The molecule has 378 valence electrons. The van der Waals surface area contributed by atoms with Gasteiger partial charge in [0, 0.05) is 38.2 Å². The van der Waals surface area contributed by atoms with Crippen molar-refractivity contribution in [2.24, 2.45) is 5.41 Å². The fourth-order valence-corrected chi connectivity index (χ4v) is 10.0. The molecule has 2 saturated heterocycles. The van der Waals surface area contributed by atoms with E-state index in [4.69, 9.17) is 12.2 Å². The Labute approximate surface area is 419 Å². The van der Waals surface area contributed by atoms with Crippen molar-refractivity contribution in [2.75, 3.05) is 22.9 Å². The average Bonchev–Trinajstić information content (AvgIpc) is 3.97. The summed E-state index contributed by atoms with van der Waals surface area (Å²) >= 11 is 7.09. The van der Waals surface area contributed by atoms with Crippen LogP contribution in [0.25, 0.3) is 10.4 Å². The fourth-order valence-electron chi connectivity index (χ4n) is 8.72. The Morgan fingerprint density at radius 2 is 1.62 bits per heavy atom. The van der Waals surface area contributed by atoms with Crippen molar-refractivity contribution in [3.8, 4) is 16.5 Å². The second kappa shape index (κ2) is 22.4. The number of hydrogen-bond donors (Lipinski definition) is 4. The van der Waals surface area contributed by atoms with Gasteiger partial charge in [-0.05, 0) is 98.8 Å². The standard InChI is InChI=1S/C51H58F4N8O6S2/c1-30-42(71-29-59-30)32-16-14-31(15-17-32)27-58-45(67)40-25-36(64)28-61(40)46(68)43(49(2,3)4)60-41(65)13-11-9-7-8-10-12-22-57-44(66)37-21-20-35(24-39(37)52)63-48(70)62(47(69)50(63,5)6)34-19-18-33(26-56)38(23-34)51(53,54)55/h14-21,23-24,29,36,40,43,64H,7-13,22,25,27-28H2,1-6H3,(H,57,66)(H,58,67)(H,60,65). The minimum atomic E-state index is -4.87. The zero-order chi connectivity index (χ0) is 52.0. The summed E-state index contributed by atoms with van der Waals surface area (Å²) in [6.07, 6.45) is -1.22. The summed E-state index contributed by atoms with van der Waals surface area (Å²) < 4.78 is 56.7. The van der Waals surface area contributed by atoms with Gasteiger partial charge in [0.2, 0.25) is 17.7 Å². The lowest BCUT2D eigenvalue weighted by molar-refractivity contribution is -0.144. The zero-order valence-corrected chi connectivity index (χ0v) is 42.0. The van der Waals surface area contributed by atoms with E-state index in [-0.39, 0.29) is 66.3 Å². The topological polar surface area (TPSA) is 188 Å². The monoisotopic (exact) mass is 1020 g/mol. The Bertz CT molecular complexity index is 2700. The molecule has 0 aliphatic carbocycles. The number of carbonyl (C=O) groups is 5. The predicted octanol–water partition coefficient (Wildman–Crippen LogP) is 8.33. The molecule has 14 nitrogen and oxygen atoms in total. The van der Waals surface area contributed by atoms with Gasteiger partial charge in [-0.3, -0.25) is 28.9 Å². The first-order valence-electron chi connectivity index (χ1n) is 23.4. The summed E-state index contributed by atoms with van der Waals surface area (Å²) in [5.41, 5.74) is 0.279. The molecule has 6 rings (SSSR count). The molecule has 3 aromatic carbocycles. The quantitative estimate of drug-likeness (QED) is 0.0429. The second-order valence-corrected chi connectivity index (χ2v) is 20.6. The molecule has 3 unspecified atom stereocenters. The van der Waals surface area contributed by atoms with Crippen LogP contribution in [0.15, 0.2) is 66.2 Å². The number of aryl methyl sites for hydroxylation is 1. The number of carbonyl (C=O) groups excluding carboxylic acids is 5. The van der Waals surface area contributed by atoms with Crippen molar-refractivity contribution < 1.29 is 46.6 Å². The third-order valence-electron chi connectivity index (χ3n) is 12.6. The van der Waals surface area contributed by atoms with Crippen LogP contribution in [-0.4, -0.2) is 86.5 Å². The Hall–Kier alpha value is -6.30. The number of amides is 5. The molecule has 0 radical (unpaired) electrons. The largest absolute Gasteiger partial charge is 0.417 e. The number of nitriles is 1. The van der Waals surface area contributed by atoms with Crippen LogP contribution < -0.4 is 25.8 Å². The predicted molar refractivity (Wildman–Crippen MR) is 265 cm³/mol. The van der Waals surface area contributed by atoms with Gasteiger partial charge in [-0.1, -0.05) is 70.7 Å². The van der Waals surface area contributed by atoms with Crippen molar-refractivity contribution in [3.05, 3.63) is 99.9 Å². The van der Waals surface area contributed by atoms with E-state index < -0.39 is 70.0 Å². The summed E-state index contributed by atoms with van der Waals surface area (Å²) in [5.74, 6) is -3.36. The lowest BCUT2D eigenvalue weighted by Gasteiger charge is -2.35. The fraction of sp³-hybridized carbons (Fsp3) is 0.451. The van der Waals surface area contributed by atoms with Crippen molar-refractivity contribution in [3.63, 3.8) is 0 Å². The molecule has 5 amide bonds. The van der Waals surface area contributed by atoms with E-state index in [1.54, 1.807) is 16.8 Å². The van der Waals surface area contributed by atoms with Crippen LogP contribution in [0.5, 0.6) is 0 Å². The smallest absolute Gasteiger partial charge is 0.391 e. The van der Waals surface area contributed by atoms with Crippen LogP contribution in [-0.2, 0) is 31.9 Å². The zero-order valence-electron chi connectivity index (χ0n) is 40.4. The van der Waals surface area contributed by atoms with Crippen molar-refractivity contribution in [1.29, 1.82) is 5.26 Å². The molecule has 3 heterocycles. The number of thiocarbonyl (C=S) groups is 1. The van der Waals surface area contributed by atoms with Crippen molar-refractivity contribution >= 4 is 69.6 Å². The molecule has 1 aromatic heterocycles. The average molecular weight is 1020 g/mol. The Kier molecular flexibility index (Phi) is 17.1. The molecule has 2 aliphatic heterocycles. The van der Waals surface area contributed by atoms with Crippen LogP contribution in [0.1, 0.15) is 119 Å².